The first-order chi connectivity index (χ1) is 12.7. The Hall–Kier alpha value is -2.60. The van der Waals surface area contributed by atoms with Crippen molar-refractivity contribution in [2.45, 2.75) is 19.3 Å². The van der Waals surface area contributed by atoms with E-state index in [9.17, 15) is 4.79 Å². The summed E-state index contributed by atoms with van der Waals surface area (Å²) in [7, 11) is 1.62. The normalized spacial score (nSPS) is 14.4. The molecular weight excluding hydrogens is 346 g/mol. The lowest BCUT2D eigenvalue weighted by Gasteiger charge is -2.25. The van der Waals surface area contributed by atoms with Gasteiger partial charge in [-0.05, 0) is 61.7 Å². The maximum atomic E-state index is 12.5. The molecule has 5 nitrogen and oxygen atoms in total. The second-order valence-corrected chi connectivity index (χ2v) is 7.42. The minimum Gasteiger partial charge on any atom is -0.497 e. The zero-order chi connectivity index (χ0) is 17.9. The van der Waals surface area contributed by atoms with Crippen molar-refractivity contribution in [3.63, 3.8) is 0 Å². The molecule has 2 heterocycles. The molecule has 1 amide bonds. The number of hydrogen-bond donors (Lipinski definition) is 1. The number of carbonyl (C=O) groups is 1. The van der Waals surface area contributed by atoms with Crippen LogP contribution in [0, 0.1) is 0 Å². The summed E-state index contributed by atoms with van der Waals surface area (Å²) >= 11 is 1.70. The van der Waals surface area contributed by atoms with Crippen LogP contribution in [0.5, 0.6) is 5.75 Å². The first-order valence-electron chi connectivity index (χ1n) is 8.84. The van der Waals surface area contributed by atoms with E-state index < -0.39 is 0 Å². The number of nitrogens with zero attached hydrogens (tertiary/aromatic N) is 2. The molecule has 1 saturated heterocycles. The molecule has 3 aromatic rings. The molecule has 1 N–H and O–H groups in total. The average Bonchev–Trinajstić information content (AvgIpc) is 3.12. The number of nitrogens with one attached hydrogen (secondary N) is 1. The number of benzene rings is 2. The summed E-state index contributed by atoms with van der Waals surface area (Å²) in [6, 6.07) is 13.0. The lowest BCUT2D eigenvalue weighted by atomic mass is 10.1. The van der Waals surface area contributed by atoms with Crippen molar-refractivity contribution < 1.29 is 9.53 Å². The van der Waals surface area contributed by atoms with Crippen LogP contribution in [0.4, 0.5) is 10.8 Å². The summed E-state index contributed by atoms with van der Waals surface area (Å²) in [6.45, 7) is 2.15. The highest BCUT2D eigenvalue weighted by Crippen LogP contribution is 2.31. The molecular formula is C20H21N3O2S. The number of amides is 1. The Morgan fingerprint density at radius 3 is 2.62 bits per heavy atom. The SMILES string of the molecule is COc1ccc(NC(=O)c2ccc3sc(N4CCCCC4)nc3c2)cc1. The predicted molar refractivity (Wildman–Crippen MR) is 107 cm³/mol. The highest BCUT2D eigenvalue weighted by atomic mass is 32.1. The van der Waals surface area contributed by atoms with Crippen LogP contribution in [0.25, 0.3) is 10.2 Å². The van der Waals surface area contributed by atoms with Crippen molar-refractivity contribution in [3.05, 3.63) is 48.0 Å². The molecule has 134 valence electrons. The van der Waals surface area contributed by atoms with Crippen molar-refractivity contribution in [2.24, 2.45) is 0 Å². The molecule has 1 aliphatic rings. The molecule has 1 aliphatic heterocycles. The van der Waals surface area contributed by atoms with Crippen molar-refractivity contribution in [1.82, 2.24) is 4.98 Å². The van der Waals surface area contributed by atoms with E-state index in [4.69, 9.17) is 9.72 Å². The van der Waals surface area contributed by atoms with Crippen LogP contribution in [-0.4, -0.2) is 31.1 Å². The molecule has 0 spiro atoms. The fourth-order valence-electron chi connectivity index (χ4n) is 3.15. The number of methoxy groups -OCH3 is 1. The van der Waals surface area contributed by atoms with E-state index in [-0.39, 0.29) is 5.91 Å². The molecule has 2 aromatic carbocycles. The van der Waals surface area contributed by atoms with Crippen LogP contribution < -0.4 is 15.0 Å². The van der Waals surface area contributed by atoms with Gasteiger partial charge in [0.15, 0.2) is 5.13 Å². The zero-order valence-electron chi connectivity index (χ0n) is 14.7. The molecule has 0 saturated carbocycles. The third-order valence-electron chi connectivity index (χ3n) is 4.61. The van der Waals surface area contributed by atoms with Crippen LogP contribution in [0.3, 0.4) is 0 Å². The van der Waals surface area contributed by atoms with Gasteiger partial charge < -0.3 is 15.0 Å². The number of rotatable bonds is 4. The van der Waals surface area contributed by atoms with Gasteiger partial charge >= 0.3 is 0 Å². The van der Waals surface area contributed by atoms with Gasteiger partial charge in [0, 0.05) is 24.3 Å². The van der Waals surface area contributed by atoms with Crippen molar-refractivity contribution in [2.75, 3.05) is 30.4 Å². The topological polar surface area (TPSA) is 54.5 Å². The average molecular weight is 367 g/mol. The van der Waals surface area contributed by atoms with E-state index >= 15 is 0 Å². The van der Waals surface area contributed by atoms with E-state index in [1.54, 1.807) is 18.4 Å². The lowest BCUT2D eigenvalue weighted by molar-refractivity contribution is 0.102. The predicted octanol–water partition coefficient (Wildman–Crippen LogP) is 4.55. The molecule has 0 atom stereocenters. The Morgan fingerprint density at radius 2 is 1.88 bits per heavy atom. The summed E-state index contributed by atoms with van der Waals surface area (Å²) in [6.07, 6.45) is 3.76. The molecule has 4 rings (SSSR count). The van der Waals surface area contributed by atoms with Gasteiger partial charge in [0.05, 0.1) is 17.3 Å². The molecule has 1 aromatic heterocycles. The van der Waals surface area contributed by atoms with Gasteiger partial charge in [-0.1, -0.05) is 11.3 Å². The fraction of sp³-hybridized carbons (Fsp3) is 0.300. The van der Waals surface area contributed by atoms with E-state index in [1.807, 2.05) is 42.5 Å². The van der Waals surface area contributed by atoms with Crippen LogP contribution >= 0.6 is 11.3 Å². The molecule has 6 heteroatoms. The molecule has 26 heavy (non-hydrogen) atoms. The van der Waals surface area contributed by atoms with E-state index in [0.29, 0.717) is 5.56 Å². The smallest absolute Gasteiger partial charge is 0.255 e. The summed E-state index contributed by atoms with van der Waals surface area (Å²) in [4.78, 5) is 19.7. The molecule has 1 fully saturated rings. The van der Waals surface area contributed by atoms with E-state index in [0.717, 1.165) is 39.9 Å². The Bertz CT molecular complexity index is 914. The minimum atomic E-state index is -0.135. The number of carbonyl (C=O) groups excluding carboxylic acids is 1. The standard InChI is InChI=1S/C20H21N3O2S/c1-25-16-8-6-15(7-9-16)21-19(24)14-5-10-18-17(13-14)22-20(26-18)23-11-3-2-4-12-23/h5-10,13H,2-4,11-12H2,1H3,(H,21,24). The number of hydrogen-bond acceptors (Lipinski definition) is 5. The third-order valence-corrected chi connectivity index (χ3v) is 5.71. The molecule has 0 aliphatic carbocycles. The van der Waals surface area contributed by atoms with Gasteiger partial charge in [0.1, 0.15) is 5.75 Å². The van der Waals surface area contributed by atoms with Gasteiger partial charge in [0.2, 0.25) is 0 Å². The van der Waals surface area contributed by atoms with E-state index in [2.05, 4.69) is 10.2 Å². The molecule has 0 unspecified atom stereocenters. The number of piperidine rings is 1. The first kappa shape index (κ1) is 16.8. The van der Waals surface area contributed by atoms with Crippen molar-refractivity contribution in [3.8, 4) is 5.75 Å². The summed E-state index contributed by atoms with van der Waals surface area (Å²) in [5, 5.41) is 3.98. The second-order valence-electron chi connectivity index (χ2n) is 6.41. The van der Waals surface area contributed by atoms with Gasteiger partial charge in [-0.25, -0.2) is 4.98 Å². The van der Waals surface area contributed by atoms with Gasteiger partial charge in [0.25, 0.3) is 5.91 Å². The van der Waals surface area contributed by atoms with Crippen molar-refractivity contribution >= 4 is 38.3 Å². The quantitative estimate of drug-likeness (QED) is 0.735. The highest BCUT2D eigenvalue weighted by Gasteiger charge is 2.16. The number of fused-ring (bicyclic) bond motifs is 1. The number of ether oxygens (including phenoxy) is 1. The maximum absolute atomic E-state index is 12.5. The monoisotopic (exact) mass is 367 g/mol. The number of anilines is 2. The zero-order valence-corrected chi connectivity index (χ0v) is 15.5. The van der Waals surface area contributed by atoms with Crippen LogP contribution in [0.15, 0.2) is 42.5 Å². The third kappa shape index (κ3) is 3.51. The molecule has 0 radical (unpaired) electrons. The summed E-state index contributed by atoms with van der Waals surface area (Å²) < 4.78 is 6.25. The largest absolute Gasteiger partial charge is 0.497 e. The van der Waals surface area contributed by atoms with E-state index in [1.165, 1.54) is 19.3 Å². The van der Waals surface area contributed by atoms with Gasteiger partial charge in [-0.2, -0.15) is 0 Å². The maximum Gasteiger partial charge on any atom is 0.255 e. The van der Waals surface area contributed by atoms with Crippen LogP contribution in [-0.2, 0) is 0 Å². The van der Waals surface area contributed by atoms with Crippen LogP contribution in [0.1, 0.15) is 29.6 Å². The summed E-state index contributed by atoms with van der Waals surface area (Å²) in [5.74, 6) is 0.627. The Balaban J connectivity index is 1.52. The number of aromatic nitrogens is 1. The Kier molecular flexibility index (Phi) is 4.75. The molecule has 0 bridgehead atoms. The second kappa shape index (κ2) is 7.33. The Labute approximate surface area is 156 Å². The number of thiazole rings is 1. The van der Waals surface area contributed by atoms with Crippen LogP contribution in [0.2, 0.25) is 0 Å². The lowest BCUT2D eigenvalue weighted by Crippen LogP contribution is -2.29. The van der Waals surface area contributed by atoms with Gasteiger partial charge in [-0.3, -0.25) is 4.79 Å². The van der Waals surface area contributed by atoms with Gasteiger partial charge in [-0.15, -0.1) is 0 Å². The Morgan fingerprint density at radius 1 is 1.12 bits per heavy atom. The fourth-order valence-corrected chi connectivity index (χ4v) is 4.15. The minimum absolute atomic E-state index is 0.135. The first-order valence-corrected chi connectivity index (χ1v) is 9.65. The van der Waals surface area contributed by atoms with Crippen molar-refractivity contribution in [1.29, 1.82) is 0 Å². The summed E-state index contributed by atoms with van der Waals surface area (Å²) in [5.41, 5.74) is 2.24. The highest BCUT2D eigenvalue weighted by molar-refractivity contribution is 7.22.